The van der Waals surface area contributed by atoms with E-state index in [4.69, 9.17) is 9.72 Å². The van der Waals surface area contributed by atoms with Gasteiger partial charge in [0.15, 0.2) is 5.82 Å². The second kappa shape index (κ2) is 8.00. The van der Waals surface area contributed by atoms with E-state index in [9.17, 15) is 4.79 Å². The minimum atomic E-state index is -0.00539. The van der Waals surface area contributed by atoms with E-state index in [1.54, 1.807) is 7.11 Å². The normalized spacial score (nSPS) is 23.0. The Bertz CT molecular complexity index is 875. The van der Waals surface area contributed by atoms with Gasteiger partial charge in [0, 0.05) is 63.6 Å². The number of nitrogens with zero attached hydrogens (tertiary/aromatic N) is 4. The fourth-order valence-electron chi connectivity index (χ4n) is 4.93. The summed E-state index contributed by atoms with van der Waals surface area (Å²) in [7, 11) is 1.64. The largest absolute Gasteiger partial charge is 0.383 e. The van der Waals surface area contributed by atoms with Gasteiger partial charge in [-0.2, -0.15) is 5.10 Å². The second-order valence-corrected chi connectivity index (χ2v) is 9.00. The van der Waals surface area contributed by atoms with E-state index < -0.39 is 0 Å². The molecule has 8 heteroatoms. The SMILES string of the molecule is COCCNC(=O)N1CC2(CN(Cc3ccccc3)CC2c2nc(C3CC3)n[nH]2)C1. The van der Waals surface area contributed by atoms with Crippen molar-refractivity contribution in [2.75, 3.05) is 46.4 Å². The van der Waals surface area contributed by atoms with Crippen LogP contribution in [0.15, 0.2) is 30.3 Å². The van der Waals surface area contributed by atoms with Crippen molar-refractivity contribution in [1.29, 1.82) is 0 Å². The molecule has 1 saturated carbocycles. The Balaban J connectivity index is 1.30. The van der Waals surface area contributed by atoms with Gasteiger partial charge in [-0.05, 0) is 18.4 Å². The van der Waals surface area contributed by atoms with Crippen molar-refractivity contribution in [3.63, 3.8) is 0 Å². The Morgan fingerprint density at radius 3 is 2.80 bits per heavy atom. The average molecular weight is 411 g/mol. The summed E-state index contributed by atoms with van der Waals surface area (Å²) in [5.41, 5.74) is 1.35. The molecule has 2 aromatic rings. The van der Waals surface area contributed by atoms with Gasteiger partial charge in [0.05, 0.1) is 6.61 Å². The highest BCUT2D eigenvalue weighted by Gasteiger charge is 2.57. The van der Waals surface area contributed by atoms with Crippen molar-refractivity contribution in [3.8, 4) is 0 Å². The van der Waals surface area contributed by atoms with Gasteiger partial charge in [-0.3, -0.25) is 10.00 Å². The molecule has 3 fully saturated rings. The van der Waals surface area contributed by atoms with Crippen molar-refractivity contribution in [2.45, 2.75) is 31.2 Å². The van der Waals surface area contributed by atoms with E-state index >= 15 is 0 Å². The third-order valence-electron chi connectivity index (χ3n) is 6.64. The lowest BCUT2D eigenvalue weighted by Gasteiger charge is -2.50. The van der Waals surface area contributed by atoms with Crippen molar-refractivity contribution >= 4 is 6.03 Å². The number of aromatic amines is 1. The molecule has 1 atom stereocenters. The van der Waals surface area contributed by atoms with Crippen LogP contribution in [-0.4, -0.2) is 77.5 Å². The first-order valence-corrected chi connectivity index (χ1v) is 10.9. The number of carbonyl (C=O) groups is 1. The van der Waals surface area contributed by atoms with Gasteiger partial charge >= 0.3 is 6.03 Å². The first-order valence-electron chi connectivity index (χ1n) is 10.9. The number of carbonyl (C=O) groups excluding carboxylic acids is 1. The Morgan fingerprint density at radius 1 is 1.27 bits per heavy atom. The van der Waals surface area contributed by atoms with Crippen LogP contribution in [0.3, 0.4) is 0 Å². The van der Waals surface area contributed by atoms with E-state index in [-0.39, 0.29) is 17.4 Å². The average Bonchev–Trinajstić information content (AvgIpc) is 3.33. The van der Waals surface area contributed by atoms with Crippen LogP contribution in [-0.2, 0) is 11.3 Å². The first-order chi connectivity index (χ1) is 14.7. The van der Waals surface area contributed by atoms with Gasteiger partial charge in [0.2, 0.25) is 0 Å². The lowest BCUT2D eigenvalue weighted by atomic mass is 9.71. The highest BCUT2D eigenvalue weighted by Crippen LogP contribution is 2.49. The van der Waals surface area contributed by atoms with Crippen molar-refractivity contribution in [1.82, 2.24) is 30.3 Å². The molecule has 3 heterocycles. The van der Waals surface area contributed by atoms with E-state index in [2.05, 4.69) is 50.7 Å². The number of nitrogens with one attached hydrogen (secondary N) is 2. The number of aromatic nitrogens is 3. The third kappa shape index (κ3) is 3.81. The topological polar surface area (TPSA) is 86.4 Å². The number of benzene rings is 1. The van der Waals surface area contributed by atoms with Crippen LogP contribution in [0.2, 0.25) is 0 Å². The van der Waals surface area contributed by atoms with Crippen molar-refractivity contribution in [3.05, 3.63) is 47.5 Å². The maximum Gasteiger partial charge on any atom is 0.317 e. The van der Waals surface area contributed by atoms with Gasteiger partial charge in [0.25, 0.3) is 0 Å². The standard InChI is InChI=1S/C22H30N6O2/c1-30-10-9-23-21(29)28-14-22(15-28)13-27(11-16-5-3-2-4-6-16)12-18(22)20-24-19(25-26-20)17-7-8-17/h2-6,17-18H,7-15H2,1H3,(H,23,29)(H,24,25,26). The number of urea groups is 1. The summed E-state index contributed by atoms with van der Waals surface area (Å²) in [6.45, 7) is 5.39. The molecule has 0 bridgehead atoms. The van der Waals surface area contributed by atoms with Crippen LogP contribution < -0.4 is 5.32 Å². The molecule has 2 aliphatic heterocycles. The van der Waals surface area contributed by atoms with Crippen molar-refractivity contribution in [2.24, 2.45) is 5.41 Å². The van der Waals surface area contributed by atoms with Crippen LogP contribution in [0.25, 0.3) is 0 Å². The first kappa shape index (κ1) is 19.5. The molecule has 30 heavy (non-hydrogen) atoms. The van der Waals surface area contributed by atoms with Crippen molar-refractivity contribution < 1.29 is 9.53 Å². The number of H-pyrrole nitrogens is 1. The summed E-state index contributed by atoms with van der Waals surface area (Å²) < 4.78 is 5.03. The molecular weight excluding hydrogens is 380 g/mol. The molecule has 1 unspecified atom stereocenters. The third-order valence-corrected chi connectivity index (χ3v) is 6.64. The highest BCUT2D eigenvalue weighted by atomic mass is 16.5. The molecule has 5 rings (SSSR count). The van der Waals surface area contributed by atoms with E-state index in [0.717, 1.165) is 44.4 Å². The lowest BCUT2D eigenvalue weighted by molar-refractivity contribution is 0.0245. The number of methoxy groups -OCH3 is 1. The highest BCUT2D eigenvalue weighted by molar-refractivity contribution is 5.75. The van der Waals surface area contributed by atoms with Gasteiger partial charge in [-0.25, -0.2) is 9.78 Å². The molecule has 3 aliphatic rings. The summed E-state index contributed by atoms with van der Waals surface area (Å²) in [4.78, 5) is 21.8. The van der Waals surface area contributed by atoms with E-state index in [1.807, 2.05) is 4.90 Å². The molecule has 0 radical (unpaired) electrons. The Kier molecular flexibility index (Phi) is 5.20. The van der Waals surface area contributed by atoms with Gasteiger partial charge in [-0.1, -0.05) is 30.3 Å². The molecule has 2 amide bonds. The fraction of sp³-hybridized carbons (Fsp3) is 0.591. The number of likely N-dealkylation sites (tertiary alicyclic amines) is 2. The number of ether oxygens (including phenoxy) is 1. The Labute approximate surface area is 177 Å². The number of amides is 2. The van der Waals surface area contributed by atoms with Crippen LogP contribution in [0, 0.1) is 5.41 Å². The van der Waals surface area contributed by atoms with Gasteiger partial charge in [-0.15, -0.1) is 0 Å². The predicted octanol–water partition coefficient (Wildman–Crippen LogP) is 1.94. The molecule has 1 spiro atoms. The minimum absolute atomic E-state index is 0.00539. The quantitative estimate of drug-likeness (QED) is 0.682. The molecule has 1 aromatic heterocycles. The molecule has 2 N–H and O–H groups in total. The lowest BCUT2D eigenvalue weighted by Crippen LogP contribution is -2.63. The van der Waals surface area contributed by atoms with E-state index in [1.165, 1.54) is 18.4 Å². The van der Waals surface area contributed by atoms with E-state index in [0.29, 0.717) is 19.1 Å². The smallest absolute Gasteiger partial charge is 0.317 e. The van der Waals surface area contributed by atoms with Crippen LogP contribution in [0.1, 0.15) is 41.9 Å². The molecule has 1 aliphatic carbocycles. The maximum atomic E-state index is 12.5. The van der Waals surface area contributed by atoms with Crippen LogP contribution in [0.4, 0.5) is 4.79 Å². The van der Waals surface area contributed by atoms with Gasteiger partial charge in [0.1, 0.15) is 5.82 Å². The summed E-state index contributed by atoms with van der Waals surface area (Å²) in [5, 5.41) is 10.7. The molecule has 8 nitrogen and oxygen atoms in total. The molecule has 2 saturated heterocycles. The summed E-state index contributed by atoms with van der Waals surface area (Å²) in [6, 6.07) is 10.6. The minimum Gasteiger partial charge on any atom is -0.383 e. The van der Waals surface area contributed by atoms with Gasteiger partial charge < -0.3 is 15.0 Å². The summed E-state index contributed by atoms with van der Waals surface area (Å²) >= 11 is 0. The molecule has 160 valence electrons. The zero-order valence-electron chi connectivity index (χ0n) is 17.5. The van der Waals surface area contributed by atoms with Crippen LogP contribution in [0.5, 0.6) is 0 Å². The summed E-state index contributed by atoms with van der Waals surface area (Å²) in [5.74, 6) is 2.77. The second-order valence-electron chi connectivity index (χ2n) is 9.00. The zero-order valence-corrected chi connectivity index (χ0v) is 17.5. The fourth-order valence-corrected chi connectivity index (χ4v) is 4.93. The number of hydrogen-bond acceptors (Lipinski definition) is 5. The zero-order chi connectivity index (χ0) is 20.6. The maximum absolute atomic E-state index is 12.5. The Morgan fingerprint density at radius 2 is 2.07 bits per heavy atom. The van der Waals surface area contributed by atoms with Crippen LogP contribution >= 0.6 is 0 Å². The number of hydrogen-bond donors (Lipinski definition) is 2. The Hall–Kier alpha value is -2.45. The summed E-state index contributed by atoms with van der Waals surface area (Å²) in [6.07, 6.45) is 2.39. The molecular formula is C22H30N6O2. The molecule has 1 aromatic carbocycles. The predicted molar refractivity (Wildman–Crippen MR) is 112 cm³/mol. The monoisotopic (exact) mass is 410 g/mol. The number of rotatable bonds is 7.